The predicted molar refractivity (Wildman–Crippen MR) is 113 cm³/mol. The number of ether oxygens (including phenoxy) is 1. The molecule has 0 bridgehead atoms. The molecule has 158 valence electrons. The molecule has 0 saturated heterocycles. The fourth-order valence-corrected chi connectivity index (χ4v) is 4.14. The van der Waals surface area contributed by atoms with Crippen LogP contribution in [0.2, 0.25) is 0 Å². The summed E-state index contributed by atoms with van der Waals surface area (Å²) in [6.45, 7) is 4.46. The Morgan fingerprint density at radius 1 is 1.14 bits per heavy atom. The lowest BCUT2D eigenvalue weighted by Crippen LogP contribution is -2.88. The Bertz CT molecular complexity index is 928. The average Bonchev–Trinajstić information content (AvgIpc) is 2.68. The highest BCUT2D eigenvalue weighted by Crippen LogP contribution is 2.28. The van der Waals surface area contributed by atoms with Gasteiger partial charge in [0.15, 0.2) is 6.54 Å². The molecule has 0 heterocycles. The summed E-state index contributed by atoms with van der Waals surface area (Å²) in [7, 11) is 0.606. The van der Waals surface area contributed by atoms with E-state index in [4.69, 9.17) is 4.74 Å². The van der Waals surface area contributed by atoms with Crippen molar-refractivity contribution < 1.29 is 23.3 Å². The second kappa shape index (κ2) is 9.87. The molecule has 1 amide bonds. The van der Waals surface area contributed by atoms with Crippen molar-refractivity contribution in [3.8, 4) is 5.75 Å². The lowest BCUT2D eigenvalue weighted by molar-refractivity contribution is -0.692. The van der Waals surface area contributed by atoms with Crippen LogP contribution in [0.15, 0.2) is 53.4 Å². The average molecular weight is 421 g/mol. The maximum Gasteiger partial charge on any atom is 0.279 e. The second-order valence-electron chi connectivity index (χ2n) is 7.32. The van der Waals surface area contributed by atoms with Gasteiger partial charge in [0, 0.05) is 31.3 Å². The van der Waals surface area contributed by atoms with Crippen molar-refractivity contribution >= 4 is 21.6 Å². The molecule has 0 aliphatic heterocycles. The van der Waals surface area contributed by atoms with E-state index in [2.05, 4.69) is 31.3 Å². The van der Waals surface area contributed by atoms with Gasteiger partial charge in [0.2, 0.25) is 10.0 Å². The third kappa shape index (κ3) is 5.79. The smallest absolute Gasteiger partial charge is 0.279 e. The number of hydrogen-bond acceptors (Lipinski definition) is 4. The van der Waals surface area contributed by atoms with E-state index in [0.29, 0.717) is 11.6 Å². The topological polar surface area (TPSA) is 92.3 Å². The zero-order valence-corrected chi connectivity index (χ0v) is 18.4. The standard InChI is InChI=1S/C21H29N3O4S/c1-15(2)21(16-9-7-6-8-10-16)22-14-20(25)23-17-11-12-18(28-5)19(13-17)29(26,27)24(3)4/h6-13,15,21-22H,14H2,1-5H3,(H,23,25)/p+1/t21-/m1/s1. The number of anilines is 1. The van der Waals surface area contributed by atoms with Crippen LogP contribution in [0.25, 0.3) is 0 Å². The molecule has 8 heteroatoms. The number of rotatable bonds is 9. The van der Waals surface area contributed by atoms with E-state index >= 15 is 0 Å². The van der Waals surface area contributed by atoms with E-state index in [1.54, 1.807) is 6.07 Å². The van der Waals surface area contributed by atoms with Crippen molar-refractivity contribution in [1.82, 2.24) is 4.31 Å². The van der Waals surface area contributed by atoms with Gasteiger partial charge in [-0.25, -0.2) is 12.7 Å². The summed E-state index contributed by atoms with van der Waals surface area (Å²) in [6.07, 6.45) is 0. The third-order valence-corrected chi connectivity index (χ3v) is 6.50. The van der Waals surface area contributed by atoms with Crippen molar-refractivity contribution in [2.45, 2.75) is 24.8 Å². The Hall–Kier alpha value is -2.42. The minimum absolute atomic E-state index is 0.0103. The Balaban J connectivity index is 2.12. The van der Waals surface area contributed by atoms with Gasteiger partial charge in [-0.2, -0.15) is 0 Å². The Morgan fingerprint density at radius 3 is 2.34 bits per heavy atom. The zero-order chi connectivity index (χ0) is 21.6. The number of hydrogen-bond donors (Lipinski definition) is 2. The highest BCUT2D eigenvalue weighted by Gasteiger charge is 2.24. The maximum absolute atomic E-state index is 12.5. The summed E-state index contributed by atoms with van der Waals surface area (Å²) in [5.74, 6) is 0.375. The molecule has 2 aromatic carbocycles. The van der Waals surface area contributed by atoms with E-state index in [0.717, 1.165) is 4.31 Å². The molecule has 0 radical (unpaired) electrons. The van der Waals surface area contributed by atoms with Crippen LogP contribution in [0.5, 0.6) is 5.75 Å². The van der Waals surface area contributed by atoms with Gasteiger partial charge in [-0.15, -0.1) is 0 Å². The van der Waals surface area contributed by atoms with E-state index in [9.17, 15) is 13.2 Å². The third-order valence-electron chi connectivity index (χ3n) is 4.67. The number of nitrogens with two attached hydrogens (primary N) is 1. The number of sulfonamides is 1. The summed E-state index contributed by atoms with van der Waals surface area (Å²) < 4.78 is 31.3. The number of methoxy groups -OCH3 is 1. The van der Waals surface area contributed by atoms with Crippen molar-refractivity contribution in [2.24, 2.45) is 5.92 Å². The molecule has 0 unspecified atom stereocenters. The Morgan fingerprint density at radius 2 is 1.79 bits per heavy atom. The molecule has 0 aliphatic carbocycles. The van der Waals surface area contributed by atoms with Gasteiger partial charge >= 0.3 is 0 Å². The lowest BCUT2D eigenvalue weighted by Gasteiger charge is -2.19. The van der Waals surface area contributed by atoms with Crippen LogP contribution >= 0.6 is 0 Å². The molecule has 3 N–H and O–H groups in total. The van der Waals surface area contributed by atoms with E-state index in [-0.39, 0.29) is 29.1 Å². The SMILES string of the molecule is COc1ccc(NC(=O)C[NH2+][C@@H](c2ccccc2)C(C)C)cc1S(=O)(=O)N(C)C. The minimum Gasteiger partial charge on any atom is -0.495 e. The van der Waals surface area contributed by atoms with Gasteiger partial charge < -0.3 is 15.4 Å². The molecular weight excluding hydrogens is 390 g/mol. The van der Waals surface area contributed by atoms with Crippen LogP contribution in [0.1, 0.15) is 25.5 Å². The fraction of sp³-hybridized carbons (Fsp3) is 0.381. The molecule has 2 aromatic rings. The summed E-state index contributed by atoms with van der Waals surface area (Å²) >= 11 is 0. The number of amides is 1. The molecule has 0 aromatic heterocycles. The van der Waals surface area contributed by atoms with Crippen molar-refractivity contribution in [3.63, 3.8) is 0 Å². The largest absolute Gasteiger partial charge is 0.495 e. The van der Waals surface area contributed by atoms with Crippen LogP contribution in [0.4, 0.5) is 5.69 Å². The second-order valence-corrected chi connectivity index (χ2v) is 9.44. The molecule has 1 atom stereocenters. The predicted octanol–water partition coefficient (Wildman–Crippen LogP) is 1.84. The molecule has 0 spiro atoms. The van der Waals surface area contributed by atoms with Gasteiger partial charge in [-0.3, -0.25) is 4.79 Å². The van der Waals surface area contributed by atoms with Gasteiger partial charge in [0.05, 0.1) is 7.11 Å². The van der Waals surface area contributed by atoms with Crippen LogP contribution in [0, 0.1) is 5.92 Å². The first kappa shape index (κ1) is 22.9. The summed E-state index contributed by atoms with van der Waals surface area (Å²) in [5.41, 5.74) is 1.57. The normalized spacial score (nSPS) is 12.8. The highest BCUT2D eigenvalue weighted by molar-refractivity contribution is 7.89. The number of carbonyl (C=O) groups is 1. The number of nitrogens with one attached hydrogen (secondary N) is 1. The summed E-state index contributed by atoms with van der Waals surface area (Å²) in [6, 6.07) is 14.8. The van der Waals surface area contributed by atoms with Crippen LogP contribution < -0.4 is 15.4 Å². The number of nitrogens with zero attached hydrogens (tertiary/aromatic N) is 1. The molecule has 0 fully saturated rings. The molecule has 29 heavy (non-hydrogen) atoms. The molecule has 7 nitrogen and oxygen atoms in total. The first-order valence-electron chi connectivity index (χ1n) is 9.45. The van der Waals surface area contributed by atoms with Gasteiger partial charge in [-0.1, -0.05) is 44.2 Å². The van der Waals surface area contributed by atoms with Crippen molar-refractivity contribution in [1.29, 1.82) is 0 Å². The fourth-order valence-electron chi connectivity index (χ4n) is 3.07. The number of carbonyl (C=O) groups excluding carboxylic acids is 1. The monoisotopic (exact) mass is 420 g/mol. The van der Waals surface area contributed by atoms with E-state index in [1.165, 1.54) is 38.9 Å². The number of quaternary nitrogens is 1. The first-order valence-corrected chi connectivity index (χ1v) is 10.9. The van der Waals surface area contributed by atoms with Crippen LogP contribution in [0.3, 0.4) is 0 Å². The van der Waals surface area contributed by atoms with Crippen molar-refractivity contribution in [2.75, 3.05) is 33.1 Å². The molecule has 2 rings (SSSR count). The lowest BCUT2D eigenvalue weighted by atomic mass is 9.96. The molecule has 0 aliphatic rings. The first-order chi connectivity index (χ1) is 13.7. The van der Waals surface area contributed by atoms with E-state index < -0.39 is 10.0 Å². The van der Waals surface area contributed by atoms with Crippen molar-refractivity contribution in [3.05, 3.63) is 54.1 Å². The maximum atomic E-state index is 12.5. The Labute approximate surface area is 173 Å². The Kier molecular flexibility index (Phi) is 7.78. The molecular formula is C21H30N3O4S+. The van der Waals surface area contributed by atoms with Crippen LogP contribution in [-0.2, 0) is 14.8 Å². The summed E-state index contributed by atoms with van der Waals surface area (Å²) in [5, 5.41) is 4.78. The summed E-state index contributed by atoms with van der Waals surface area (Å²) in [4.78, 5) is 12.5. The zero-order valence-electron chi connectivity index (χ0n) is 17.5. The van der Waals surface area contributed by atoms with Gasteiger partial charge in [-0.05, 0) is 18.2 Å². The van der Waals surface area contributed by atoms with Gasteiger partial charge in [0.1, 0.15) is 16.7 Å². The van der Waals surface area contributed by atoms with Gasteiger partial charge in [0.25, 0.3) is 5.91 Å². The molecule has 0 saturated carbocycles. The minimum atomic E-state index is -3.70. The van der Waals surface area contributed by atoms with Crippen LogP contribution in [-0.4, -0.2) is 46.4 Å². The van der Waals surface area contributed by atoms with E-state index in [1.807, 2.05) is 23.5 Å². The quantitative estimate of drug-likeness (QED) is 0.648. The highest BCUT2D eigenvalue weighted by atomic mass is 32.2. The number of benzene rings is 2.